The molecule has 1 fully saturated rings. The number of urea groups is 1. The van der Waals surface area contributed by atoms with Crippen molar-refractivity contribution >= 4 is 17.6 Å². The molecule has 5 nitrogen and oxygen atoms in total. The Balaban J connectivity index is 2.08. The molecule has 1 aromatic carbocycles. The third-order valence-electron chi connectivity index (χ3n) is 4.13. The second-order valence-electron chi connectivity index (χ2n) is 5.81. The number of carbonyl (C=O) groups excluding carboxylic acids is 1. The van der Waals surface area contributed by atoms with Gasteiger partial charge in [-0.1, -0.05) is 23.7 Å². The fourth-order valence-electron chi connectivity index (χ4n) is 2.72. The van der Waals surface area contributed by atoms with E-state index in [9.17, 15) is 4.79 Å². The number of hydrogen-bond donors (Lipinski definition) is 3. The molecular formula is C16H23ClN2O3. The van der Waals surface area contributed by atoms with Crippen LogP contribution in [0.5, 0.6) is 0 Å². The van der Waals surface area contributed by atoms with E-state index < -0.39 is 0 Å². The minimum Gasteiger partial charge on any atom is -0.394 e. The predicted molar refractivity (Wildman–Crippen MR) is 86.3 cm³/mol. The predicted octanol–water partition coefficient (Wildman–Crippen LogP) is 2.07. The molecule has 0 radical (unpaired) electrons. The van der Waals surface area contributed by atoms with Gasteiger partial charge in [-0.2, -0.15) is 0 Å². The minimum absolute atomic E-state index is 0.0826. The average Bonchev–Trinajstić information content (AvgIpc) is 2.54. The van der Waals surface area contributed by atoms with Crippen LogP contribution < -0.4 is 10.6 Å². The molecule has 1 heterocycles. The summed E-state index contributed by atoms with van der Waals surface area (Å²) < 4.78 is 5.47. The van der Waals surface area contributed by atoms with E-state index in [0.29, 0.717) is 24.8 Å². The SMILES string of the molecule is CC(CO)NC(=O)NCC1(c2cccc(Cl)c2)CCOCC1. The van der Waals surface area contributed by atoms with Crippen LogP contribution in [-0.4, -0.2) is 43.5 Å². The molecular weight excluding hydrogens is 304 g/mol. The first kappa shape index (κ1) is 17.1. The third-order valence-corrected chi connectivity index (χ3v) is 4.36. The molecule has 1 aromatic rings. The van der Waals surface area contributed by atoms with Crippen LogP contribution in [0.2, 0.25) is 5.02 Å². The highest BCUT2D eigenvalue weighted by molar-refractivity contribution is 6.30. The highest BCUT2D eigenvalue weighted by Gasteiger charge is 2.35. The van der Waals surface area contributed by atoms with Gasteiger partial charge in [-0.3, -0.25) is 0 Å². The zero-order chi connectivity index (χ0) is 16.0. The lowest BCUT2D eigenvalue weighted by Gasteiger charge is -2.38. The van der Waals surface area contributed by atoms with E-state index in [1.807, 2.05) is 24.3 Å². The van der Waals surface area contributed by atoms with Crippen LogP contribution >= 0.6 is 11.6 Å². The van der Waals surface area contributed by atoms with Crippen LogP contribution in [0.3, 0.4) is 0 Å². The molecule has 2 amide bonds. The number of rotatable bonds is 5. The molecule has 0 spiro atoms. The highest BCUT2D eigenvalue weighted by atomic mass is 35.5. The Labute approximate surface area is 136 Å². The van der Waals surface area contributed by atoms with E-state index in [1.165, 1.54) is 0 Å². The van der Waals surface area contributed by atoms with Crippen LogP contribution in [0, 0.1) is 0 Å². The molecule has 1 saturated heterocycles. The fraction of sp³-hybridized carbons (Fsp3) is 0.562. The van der Waals surface area contributed by atoms with E-state index in [0.717, 1.165) is 18.4 Å². The topological polar surface area (TPSA) is 70.6 Å². The van der Waals surface area contributed by atoms with Gasteiger partial charge in [0.05, 0.1) is 12.6 Å². The Morgan fingerprint density at radius 1 is 1.45 bits per heavy atom. The number of aliphatic hydroxyl groups excluding tert-OH is 1. The van der Waals surface area contributed by atoms with Crippen LogP contribution in [0.4, 0.5) is 4.79 Å². The Morgan fingerprint density at radius 2 is 2.18 bits per heavy atom. The van der Waals surface area contributed by atoms with E-state index in [2.05, 4.69) is 10.6 Å². The van der Waals surface area contributed by atoms with Crippen LogP contribution in [0.15, 0.2) is 24.3 Å². The van der Waals surface area contributed by atoms with Crippen molar-refractivity contribution in [2.24, 2.45) is 0 Å². The zero-order valence-electron chi connectivity index (χ0n) is 12.8. The molecule has 22 heavy (non-hydrogen) atoms. The van der Waals surface area contributed by atoms with Gasteiger partial charge in [-0.15, -0.1) is 0 Å². The standard InChI is InChI=1S/C16H23ClN2O3/c1-12(10-20)19-15(21)18-11-16(5-7-22-8-6-16)13-3-2-4-14(17)9-13/h2-4,9,12,20H,5-8,10-11H2,1H3,(H2,18,19,21). The van der Waals surface area contributed by atoms with Gasteiger partial charge in [-0.25, -0.2) is 4.79 Å². The number of aliphatic hydroxyl groups is 1. The van der Waals surface area contributed by atoms with Crippen molar-refractivity contribution in [3.05, 3.63) is 34.9 Å². The molecule has 6 heteroatoms. The molecule has 2 rings (SSSR count). The quantitative estimate of drug-likeness (QED) is 0.775. The van der Waals surface area contributed by atoms with Gasteiger partial charge in [0, 0.05) is 30.2 Å². The Bertz CT molecular complexity index is 504. The lowest BCUT2D eigenvalue weighted by atomic mass is 9.74. The summed E-state index contributed by atoms with van der Waals surface area (Å²) in [5, 5.41) is 15.3. The number of ether oxygens (including phenoxy) is 1. The third kappa shape index (κ3) is 4.35. The van der Waals surface area contributed by atoms with Crippen molar-refractivity contribution in [1.29, 1.82) is 0 Å². The number of benzene rings is 1. The van der Waals surface area contributed by atoms with Crippen molar-refractivity contribution in [2.75, 3.05) is 26.4 Å². The maximum Gasteiger partial charge on any atom is 0.315 e. The monoisotopic (exact) mass is 326 g/mol. The van der Waals surface area contributed by atoms with Crippen molar-refractivity contribution in [2.45, 2.75) is 31.2 Å². The molecule has 3 N–H and O–H groups in total. The Hall–Kier alpha value is -1.30. The van der Waals surface area contributed by atoms with Crippen molar-refractivity contribution in [1.82, 2.24) is 10.6 Å². The van der Waals surface area contributed by atoms with Crippen molar-refractivity contribution < 1.29 is 14.6 Å². The van der Waals surface area contributed by atoms with Gasteiger partial charge in [0.25, 0.3) is 0 Å². The van der Waals surface area contributed by atoms with E-state index in [4.69, 9.17) is 21.4 Å². The highest BCUT2D eigenvalue weighted by Crippen LogP contribution is 2.35. The number of carbonyl (C=O) groups is 1. The first-order valence-corrected chi connectivity index (χ1v) is 7.92. The van der Waals surface area contributed by atoms with Gasteiger partial charge in [0.15, 0.2) is 0 Å². The number of hydrogen-bond acceptors (Lipinski definition) is 3. The van der Waals surface area contributed by atoms with Crippen molar-refractivity contribution in [3.8, 4) is 0 Å². The van der Waals surface area contributed by atoms with Gasteiger partial charge in [-0.05, 0) is 37.5 Å². The summed E-state index contributed by atoms with van der Waals surface area (Å²) in [5.41, 5.74) is 0.960. The summed E-state index contributed by atoms with van der Waals surface area (Å²) in [4.78, 5) is 11.9. The summed E-state index contributed by atoms with van der Waals surface area (Å²) in [6, 6.07) is 7.26. The number of halogens is 1. The van der Waals surface area contributed by atoms with Crippen LogP contribution in [0.1, 0.15) is 25.3 Å². The molecule has 1 atom stereocenters. The van der Waals surface area contributed by atoms with Gasteiger partial charge in [0.1, 0.15) is 0 Å². The zero-order valence-corrected chi connectivity index (χ0v) is 13.5. The summed E-state index contributed by atoms with van der Waals surface area (Å²) >= 11 is 6.12. The number of amides is 2. The van der Waals surface area contributed by atoms with Gasteiger partial charge < -0.3 is 20.5 Å². The Morgan fingerprint density at radius 3 is 2.82 bits per heavy atom. The Kier molecular flexibility index (Phi) is 6.06. The average molecular weight is 327 g/mol. The van der Waals surface area contributed by atoms with E-state index in [1.54, 1.807) is 6.92 Å². The van der Waals surface area contributed by atoms with E-state index in [-0.39, 0.29) is 24.1 Å². The van der Waals surface area contributed by atoms with Gasteiger partial charge >= 0.3 is 6.03 Å². The summed E-state index contributed by atoms with van der Waals surface area (Å²) in [5.74, 6) is 0. The second kappa shape index (κ2) is 7.81. The van der Waals surface area contributed by atoms with E-state index >= 15 is 0 Å². The largest absolute Gasteiger partial charge is 0.394 e. The lowest BCUT2D eigenvalue weighted by molar-refractivity contribution is 0.0506. The maximum atomic E-state index is 11.9. The summed E-state index contributed by atoms with van der Waals surface area (Å²) in [6.45, 7) is 3.52. The van der Waals surface area contributed by atoms with Crippen molar-refractivity contribution in [3.63, 3.8) is 0 Å². The number of nitrogens with one attached hydrogen (secondary N) is 2. The fourth-order valence-corrected chi connectivity index (χ4v) is 2.91. The van der Waals surface area contributed by atoms with Crippen LogP contribution in [-0.2, 0) is 10.2 Å². The summed E-state index contributed by atoms with van der Waals surface area (Å²) in [6.07, 6.45) is 1.67. The molecule has 122 valence electrons. The first-order valence-electron chi connectivity index (χ1n) is 7.55. The molecule has 0 saturated carbocycles. The molecule has 1 aliphatic rings. The molecule has 1 unspecified atom stereocenters. The first-order chi connectivity index (χ1) is 10.6. The van der Waals surface area contributed by atoms with Crippen LogP contribution in [0.25, 0.3) is 0 Å². The molecule has 0 aromatic heterocycles. The minimum atomic E-state index is -0.269. The lowest BCUT2D eigenvalue weighted by Crippen LogP contribution is -2.49. The maximum absolute atomic E-state index is 11.9. The molecule has 0 bridgehead atoms. The van der Waals surface area contributed by atoms with Gasteiger partial charge in [0.2, 0.25) is 0 Å². The summed E-state index contributed by atoms with van der Waals surface area (Å²) in [7, 11) is 0. The second-order valence-corrected chi connectivity index (χ2v) is 6.25. The normalized spacial score (nSPS) is 18.5. The molecule has 0 aliphatic carbocycles. The smallest absolute Gasteiger partial charge is 0.315 e. The molecule has 1 aliphatic heterocycles.